The molecule has 204 valence electrons. The summed E-state index contributed by atoms with van der Waals surface area (Å²) in [6.45, 7) is 19.1. The minimum absolute atomic E-state index is 0.0429. The first-order valence-electron chi connectivity index (χ1n) is 14.2. The molecule has 0 aromatic carbocycles. The first-order chi connectivity index (χ1) is 17.7. The molecule has 2 aromatic rings. The summed E-state index contributed by atoms with van der Waals surface area (Å²) in [6.07, 6.45) is 10.8. The second kappa shape index (κ2) is 14.8. The van der Waals surface area contributed by atoms with Crippen molar-refractivity contribution in [2.45, 2.75) is 105 Å². The minimum atomic E-state index is -0.234. The van der Waals surface area contributed by atoms with Crippen molar-refractivity contribution in [2.24, 2.45) is 23.7 Å². The fourth-order valence-corrected chi connectivity index (χ4v) is 5.64. The van der Waals surface area contributed by atoms with E-state index >= 15 is 0 Å². The Kier molecular flexibility index (Phi) is 12.2. The Bertz CT molecular complexity index is 1050. The number of anilines is 1. The van der Waals surface area contributed by atoms with E-state index in [1.807, 2.05) is 26.0 Å². The number of fused-ring (bicyclic) bond motifs is 1. The van der Waals surface area contributed by atoms with Crippen molar-refractivity contribution in [3.05, 3.63) is 36.2 Å². The molecule has 6 nitrogen and oxygen atoms in total. The Hall–Kier alpha value is -2.81. The van der Waals surface area contributed by atoms with Crippen molar-refractivity contribution in [2.75, 3.05) is 5.32 Å². The van der Waals surface area contributed by atoms with E-state index in [4.69, 9.17) is 4.42 Å². The van der Waals surface area contributed by atoms with Gasteiger partial charge in [0.15, 0.2) is 5.58 Å². The summed E-state index contributed by atoms with van der Waals surface area (Å²) < 4.78 is 5.71. The molecule has 1 aliphatic carbocycles. The topological polar surface area (TPSA) is 91.0 Å². The van der Waals surface area contributed by atoms with Crippen LogP contribution in [0.3, 0.4) is 0 Å². The molecule has 0 radical (unpaired) electrons. The SMILES string of the molecule is C=CCC(CC(C)CC)Nc1cc2c(C(=O)NC3CC(C)CC(CC(C)C)C3)c(C#N)oc2cn1.CC. The number of pyridine rings is 1. The highest BCUT2D eigenvalue weighted by molar-refractivity contribution is 6.08. The van der Waals surface area contributed by atoms with Crippen LogP contribution >= 0.6 is 0 Å². The van der Waals surface area contributed by atoms with Crippen LogP contribution in [-0.2, 0) is 0 Å². The summed E-state index contributed by atoms with van der Waals surface area (Å²) in [6, 6.07) is 4.22. The van der Waals surface area contributed by atoms with Crippen molar-refractivity contribution < 1.29 is 9.21 Å². The van der Waals surface area contributed by atoms with Gasteiger partial charge in [-0.15, -0.1) is 6.58 Å². The number of nitrogens with one attached hydrogen (secondary N) is 2. The molecule has 1 aliphatic rings. The lowest BCUT2D eigenvalue weighted by molar-refractivity contribution is 0.0904. The van der Waals surface area contributed by atoms with Crippen molar-refractivity contribution in [3.63, 3.8) is 0 Å². The lowest BCUT2D eigenvalue weighted by Crippen LogP contribution is -2.40. The second-order valence-corrected chi connectivity index (χ2v) is 11.1. The highest BCUT2D eigenvalue weighted by Crippen LogP contribution is 2.34. The number of nitrogens with zero attached hydrogens (tertiary/aromatic N) is 2. The van der Waals surface area contributed by atoms with Crippen LogP contribution < -0.4 is 10.6 Å². The monoisotopic (exact) mass is 508 g/mol. The number of rotatable bonds is 11. The number of hydrogen-bond acceptors (Lipinski definition) is 5. The largest absolute Gasteiger partial charge is 0.443 e. The zero-order valence-electron chi connectivity index (χ0n) is 24.1. The van der Waals surface area contributed by atoms with Gasteiger partial charge in [0, 0.05) is 17.5 Å². The number of hydrogen-bond donors (Lipinski definition) is 2. The molecule has 5 unspecified atom stereocenters. The molecule has 2 heterocycles. The molecule has 0 saturated heterocycles. The zero-order chi connectivity index (χ0) is 27.5. The normalized spacial score (nSPS) is 20.9. The van der Waals surface area contributed by atoms with Crippen LogP contribution in [0.1, 0.15) is 110 Å². The van der Waals surface area contributed by atoms with E-state index in [9.17, 15) is 10.1 Å². The molecular formula is C31H48N4O2. The van der Waals surface area contributed by atoms with Crippen molar-refractivity contribution in [1.82, 2.24) is 10.3 Å². The average molecular weight is 509 g/mol. The number of aromatic nitrogens is 1. The minimum Gasteiger partial charge on any atom is -0.443 e. The van der Waals surface area contributed by atoms with Gasteiger partial charge >= 0.3 is 0 Å². The van der Waals surface area contributed by atoms with Crippen LogP contribution in [0.5, 0.6) is 0 Å². The highest BCUT2D eigenvalue weighted by Gasteiger charge is 2.30. The van der Waals surface area contributed by atoms with E-state index in [-0.39, 0.29) is 23.8 Å². The van der Waals surface area contributed by atoms with E-state index in [0.29, 0.717) is 46.0 Å². The van der Waals surface area contributed by atoms with Gasteiger partial charge in [0.05, 0.1) is 6.20 Å². The molecule has 1 saturated carbocycles. The van der Waals surface area contributed by atoms with E-state index < -0.39 is 0 Å². The fourth-order valence-electron chi connectivity index (χ4n) is 5.64. The van der Waals surface area contributed by atoms with Gasteiger partial charge < -0.3 is 15.1 Å². The highest BCUT2D eigenvalue weighted by atomic mass is 16.3. The molecule has 37 heavy (non-hydrogen) atoms. The van der Waals surface area contributed by atoms with Gasteiger partial charge in [-0.2, -0.15) is 5.26 Å². The molecule has 5 atom stereocenters. The van der Waals surface area contributed by atoms with E-state index in [1.165, 1.54) is 12.8 Å². The Labute approximate surface area is 224 Å². The van der Waals surface area contributed by atoms with Gasteiger partial charge in [-0.05, 0) is 68.3 Å². The maximum absolute atomic E-state index is 13.4. The maximum Gasteiger partial charge on any atom is 0.256 e. The smallest absolute Gasteiger partial charge is 0.256 e. The molecule has 6 heteroatoms. The predicted molar refractivity (Wildman–Crippen MR) is 154 cm³/mol. The molecule has 2 aromatic heterocycles. The van der Waals surface area contributed by atoms with Crippen LogP contribution in [0.15, 0.2) is 29.3 Å². The van der Waals surface area contributed by atoms with Gasteiger partial charge in [0.25, 0.3) is 5.91 Å². The van der Waals surface area contributed by atoms with Crippen molar-refractivity contribution >= 4 is 22.7 Å². The van der Waals surface area contributed by atoms with E-state index in [2.05, 4.69) is 62.9 Å². The number of carbonyl (C=O) groups excluding carboxylic acids is 1. The Morgan fingerprint density at radius 3 is 2.65 bits per heavy atom. The molecule has 0 aliphatic heterocycles. The van der Waals surface area contributed by atoms with Crippen LogP contribution in [0, 0.1) is 35.0 Å². The van der Waals surface area contributed by atoms with E-state index in [1.54, 1.807) is 6.20 Å². The quantitative estimate of drug-likeness (QED) is 0.299. The summed E-state index contributed by atoms with van der Waals surface area (Å²) in [5, 5.41) is 17.1. The molecule has 2 N–H and O–H groups in total. The lowest BCUT2D eigenvalue weighted by atomic mass is 9.76. The third kappa shape index (κ3) is 8.62. The Morgan fingerprint density at radius 2 is 2.03 bits per heavy atom. The first-order valence-corrected chi connectivity index (χ1v) is 14.2. The van der Waals surface area contributed by atoms with Crippen LogP contribution in [-0.4, -0.2) is 23.0 Å². The summed E-state index contributed by atoms with van der Waals surface area (Å²) >= 11 is 0. The number of amides is 1. The summed E-state index contributed by atoms with van der Waals surface area (Å²) in [5.74, 6) is 2.90. The number of furan rings is 1. The number of carbonyl (C=O) groups is 1. The Morgan fingerprint density at radius 1 is 1.30 bits per heavy atom. The predicted octanol–water partition coefficient (Wildman–Crippen LogP) is 8.10. The summed E-state index contributed by atoms with van der Waals surface area (Å²) in [4.78, 5) is 17.9. The third-order valence-corrected chi connectivity index (χ3v) is 7.27. The van der Waals surface area contributed by atoms with Gasteiger partial charge in [-0.3, -0.25) is 4.79 Å². The van der Waals surface area contributed by atoms with Crippen LogP contribution in [0.4, 0.5) is 5.82 Å². The van der Waals surface area contributed by atoms with Gasteiger partial charge in [-0.1, -0.05) is 61.0 Å². The van der Waals surface area contributed by atoms with Gasteiger partial charge in [-0.25, -0.2) is 4.98 Å². The molecule has 0 spiro atoms. The standard InChI is InChI=1S/C29H42N4O2.C2H6/c1-7-9-22(12-19(5)8-2)32-27-15-24-26(17-31-27)35-25(16-30)28(24)29(34)33-23-13-20(6)11-21(14-23)10-18(3)4;1-2/h7,15,17-23H,1,8-14H2,2-6H3,(H,31,32)(H,33,34);1-2H3. The molecule has 3 rings (SSSR count). The van der Waals surface area contributed by atoms with Gasteiger partial charge in [0.2, 0.25) is 5.76 Å². The number of nitriles is 1. The van der Waals surface area contributed by atoms with E-state index in [0.717, 1.165) is 32.1 Å². The van der Waals surface area contributed by atoms with Crippen LogP contribution in [0.25, 0.3) is 11.0 Å². The van der Waals surface area contributed by atoms with Gasteiger partial charge in [0.1, 0.15) is 17.5 Å². The fraction of sp³-hybridized carbons (Fsp3) is 0.645. The summed E-state index contributed by atoms with van der Waals surface area (Å²) in [7, 11) is 0. The Balaban J connectivity index is 0.00000235. The summed E-state index contributed by atoms with van der Waals surface area (Å²) in [5.41, 5.74) is 0.767. The first kappa shape index (κ1) is 30.4. The molecule has 0 bridgehead atoms. The molecule has 1 amide bonds. The molecule has 1 fully saturated rings. The zero-order valence-corrected chi connectivity index (χ0v) is 24.1. The third-order valence-electron chi connectivity index (χ3n) is 7.27. The second-order valence-electron chi connectivity index (χ2n) is 11.1. The van der Waals surface area contributed by atoms with Crippen LogP contribution in [0.2, 0.25) is 0 Å². The average Bonchev–Trinajstić information content (AvgIpc) is 3.22. The van der Waals surface area contributed by atoms with Crippen molar-refractivity contribution in [1.29, 1.82) is 5.26 Å². The maximum atomic E-state index is 13.4. The molecular weight excluding hydrogens is 460 g/mol. The lowest BCUT2D eigenvalue weighted by Gasteiger charge is -2.34. The van der Waals surface area contributed by atoms with Crippen molar-refractivity contribution in [3.8, 4) is 6.07 Å².